The summed E-state index contributed by atoms with van der Waals surface area (Å²) in [5.41, 5.74) is 5.34. The van der Waals surface area contributed by atoms with Gasteiger partial charge in [-0.2, -0.15) is 5.10 Å². The van der Waals surface area contributed by atoms with E-state index >= 15 is 0 Å². The van der Waals surface area contributed by atoms with E-state index in [1.54, 1.807) is 4.57 Å². The van der Waals surface area contributed by atoms with Crippen molar-refractivity contribution in [2.45, 2.75) is 39.3 Å². The zero-order valence-corrected chi connectivity index (χ0v) is 18.6. The molecule has 0 radical (unpaired) electrons. The molecule has 2 aromatic carbocycles. The van der Waals surface area contributed by atoms with Crippen LogP contribution in [0.3, 0.4) is 0 Å². The van der Waals surface area contributed by atoms with Crippen molar-refractivity contribution in [1.29, 1.82) is 0 Å². The van der Waals surface area contributed by atoms with Gasteiger partial charge >= 0.3 is 5.69 Å². The van der Waals surface area contributed by atoms with E-state index in [9.17, 15) is 4.79 Å². The van der Waals surface area contributed by atoms with E-state index in [0.717, 1.165) is 36.3 Å². The summed E-state index contributed by atoms with van der Waals surface area (Å²) in [4.78, 5) is 16.8. The van der Waals surface area contributed by atoms with Crippen LogP contribution in [0.4, 0.5) is 0 Å². The third-order valence-corrected chi connectivity index (χ3v) is 5.55. The molecular formula is C26H29N5O. The molecule has 0 atom stereocenters. The molecule has 0 aliphatic rings. The smallest absolute Gasteiger partial charge is 0.312 e. The SMILES string of the molecule is CC(C)c1cccc(-c2n[nH]c(=O)n2Cc2ccc(CNCCc3ccccn3)cc2)c1. The topological polar surface area (TPSA) is 75.6 Å². The van der Waals surface area contributed by atoms with Crippen molar-refractivity contribution in [2.75, 3.05) is 6.54 Å². The minimum Gasteiger partial charge on any atom is -0.312 e. The van der Waals surface area contributed by atoms with Crippen LogP contribution in [0, 0.1) is 0 Å². The zero-order valence-electron chi connectivity index (χ0n) is 18.6. The maximum Gasteiger partial charge on any atom is 0.343 e. The Bertz CT molecular complexity index is 1190. The second-order valence-corrected chi connectivity index (χ2v) is 8.28. The lowest BCUT2D eigenvalue weighted by molar-refractivity contribution is 0.679. The molecule has 0 fully saturated rings. The molecule has 0 spiro atoms. The molecule has 2 aromatic heterocycles. The summed E-state index contributed by atoms with van der Waals surface area (Å²) in [7, 11) is 0. The second-order valence-electron chi connectivity index (χ2n) is 8.28. The third-order valence-electron chi connectivity index (χ3n) is 5.55. The Morgan fingerprint density at radius 1 is 1.00 bits per heavy atom. The van der Waals surface area contributed by atoms with Crippen molar-refractivity contribution in [2.24, 2.45) is 0 Å². The van der Waals surface area contributed by atoms with E-state index < -0.39 is 0 Å². The molecule has 164 valence electrons. The van der Waals surface area contributed by atoms with Crippen molar-refractivity contribution in [3.05, 3.63) is 106 Å². The maximum absolute atomic E-state index is 12.4. The van der Waals surface area contributed by atoms with E-state index in [1.165, 1.54) is 11.1 Å². The van der Waals surface area contributed by atoms with Crippen LogP contribution in [0.1, 0.15) is 42.1 Å². The van der Waals surface area contributed by atoms with Crippen molar-refractivity contribution in [3.8, 4) is 11.4 Å². The molecule has 6 nitrogen and oxygen atoms in total. The number of hydrogen-bond acceptors (Lipinski definition) is 4. The van der Waals surface area contributed by atoms with Crippen LogP contribution in [0.2, 0.25) is 0 Å². The molecule has 0 bridgehead atoms. The molecule has 0 saturated carbocycles. The van der Waals surface area contributed by atoms with Crippen molar-refractivity contribution in [3.63, 3.8) is 0 Å². The number of aromatic nitrogens is 4. The van der Waals surface area contributed by atoms with E-state index in [2.05, 4.69) is 70.7 Å². The largest absolute Gasteiger partial charge is 0.343 e. The normalized spacial score (nSPS) is 11.2. The monoisotopic (exact) mass is 427 g/mol. The lowest BCUT2D eigenvalue weighted by atomic mass is 10.0. The number of H-pyrrole nitrogens is 1. The van der Waals surface area contributed by atoms with Crippen LogP contribution in [0.15, 0.2) is 77.7 Å². The van der Waals surface area contributed by atoms with Crippen LogP contribution in [-0.2, 0) is 19.5 Å². The first-order chi connectivity index (χ1) is 15.6. The molecule has 0 saturated heterocycles. The minimum atomic E-state index is -0.199. The molecule has 4 rings (SSSR count). The number of rotatable bonds is 9. The summed E-state index contributed by atoms with van der Waals surface area (Å²) in [5.74, 6) is 1.08. The fourth-order valence-corrected chi connectivity index (χ4v) is 3.66. The lowest BCUT2D eigenvalue weighted by Gasteiger charge is -2.10. The number of pyridine rings is 1. The summed E-state index contributed by atoms with van der Waals surface area (Å²) in [5, 5.41) is 10.4. The summed E-state index contributed by atoms with van der Waals surface area (Å²) in [6.45, 7) is 6.47. The molecule has 32 heavy (non-hydrogen) atoms. The van der Waals surface area contributed by atoms with Gasteiger partial charge in [0.25, 0.3) is 0 Å². The molecular weight excluding hydrogens is 398 g/mol. The highest BCUT2D eigenvalue weighted by Crippen LogP contribution is 2.22. The second kappa shape index (κ2) is 10.2. The fourth-order valence-electron chi connectivity index (χ4n) is 3.66. The Labute approximate surface area is 188 Å². The molecule has 0 amide bonds. The molecule has 2 N–H and O–H groups in total. The standard InChI is InChI=1S/C26H29N5O/c1-19(2)22-6-5-7-23(16-22)25-29-30-26(32)31(25)18-21-11-9-20(10-12-21)17-27-15-13-24-8-3-4-14-28-24/h3-12,14,16,19,27H,13,15,17-18H2,1-2H3,(H,30,32). The van der Waals surface area contributed by atoms with E-state index in [-0.39, 0.29) is 5.69 Å². The van der Waals surface area contributed by atoms with Gasteiger partial charge in [0, 0.05) is 37.0 Å². The Balaban J connectivity index is 1.39. The number of benzene rings is 2. The van der Waals surface area contributed by atoms with Gasteiger partial charge in [-0.1, -0.05) is 62.4 Å². The molecule has 6 heteroatoms. The third kappa shape index (κ3) is 5.39. The zero-order chi connectivity index (χ0) is 22.3. The molecule has 0 aliphatic carbocycles. The van der Waals surface area contributed by atoms with Gasteiger partial charge in [-0.25, -0.2) is 9.89 Å². The first-order valence-corrected chi connectivity index (χ1v) is 11.0. The van der Waals surface area contributed by atoms with Crippen molar-refractivity contribution < 1.29 is 0 Å². The Morgan fingerprint density at radius 3 is 2.56 bits per heavy atom. The average molecular weight is 428 g/mol. The molecule has 0 unspecified atom stereocenters. The Kier molecular flexibility index (Phi) is 6.92. The van der Waals surface area contributed by atoms with Crippen molar-refractivity contribution >= 4 is 0 Å². The van der Waals surface area contributed by atoms with Crippen LogP contribution in [0.25, 0.3) is 11.4 Å². The number of aromatic amines is 1. The van der Waals surface area contributed by atoms with Crippen molar-refractivity contribution in [1.82, 2.24) is 25.1 Å². The highest BCUT2D eigenvalue weighted by Gasteiger charge is 2.12. The molecule has 4 aromatic rings. The predicted molar refractivity (Wildman–Crippen MR) is 128 cm³/mol. The summed E-state index contributed by atoms with van der Waals surface area (Å²) >= 11 is 0. The van der Waals surface area contributed by atoms with Crippen LogP contribution in [-0.4, -0.2) is 26.3 Å². The van der Waals surface area contributed by atoms with Gasteiger partial charge in [-0.05, 0) is 40.8 Å². The van der Waals surface area contributed by atoms with Gasteiger partial charge in [-0.15, -0.1) is 0 Å². The van der Waals surface area contributed by atoms with Crippen LogP contribution >= 0.6 is 0 Å². The summed E-state index contributed by atoms with van der Waals surface area (Å²) in [6, 6.07) is 22.6. The van der Waals surface area contributed by atoms with Gasteiger partial charge in [0.2, 0.25) is 0 Å². The van der Waals surface area contributed by atoms with Crippen LogP contribution in [0.5, 0.6) is 0 Å². The molecule has 2 heterocycles. The van der Waals surface area contributed by atoms with E-state index in [4.69, 9.17) is 0 Å². The van der Waals surface area contributed by atoms with Gasteiger partial charge < -0.3 is 5.32 Å². The maximum atomic E-state index is 12.4. The summed E-state index contributed by atoms with van der Waals surface area (Å²) in [6.07, 6.45) is 2.73. The average Bonchev–Trinajstić information content (AvgIpc) is 3.18. The highest BCUT2D eigenvalue weighted by molar-refractivity contribution is 5.56. The number of hydrogen-bond donors (Lipinski definition) is 2. The quantitative estimate of drug-likeness (QED) is 0.394. The summed E-state index contributed by atoms with van der Waals surface area (Å²) < 4.78 is 1.69. The Morgan fingerprint density at radius 2 is 1.81 bits per heavy atom. The van der Waals surface area contributed by atoms with Gasteiger partial charge in [0.05, 0.1) is 6.54 Å². The van der Waals surface area contributed by atoms with E-state index in [0.29, 0.717) is 18.3 Å². The Hall–Kier alpha value is -3.51. The first kappa shape index (κ1) is 21.7. The highest BCUT2D eigenvalue weighted by atomic mass is 16.1. The van der Waals surface area contributed by atoms with Crippen LogP contribution < -0.4 is 11.0 Å². The van der Waals surface area contributed by atoms with Gasteiger partial charge in [0.1, 0.15) is 0 Å². The van der Waals surface area contributed by atoms with E-state index in [1.807, 2.05) is 36.5 Å². The van der Waals surface area contributed by atoms with Gasteiger partial charge in [0.15, 0.2) is 5.82 Å². The lowest BCUT2D eigenvalue weighted by Crippen LogP contribution is -2.19. The van der Waals surface area contributed by atoms with Gasteiger partial charge in [-0.3, -0.25) is 9.55 Å². The predicted octanol–water partition coefficient (Wildman–Crippen LogP) is 4.14. The fraction of sp³-hybridized carbons (Fsp3) is 0.269. The first-order valence-electron chi connectivity index (χ1n) is 11.0. The molecule has 0 aliphatic heterocycles. The number of nitrogens with zero attached hydrogens (tertiary/aromatic N) is 3. The number of nitrogens with one attached hydrogen (secondary N) is 2. The minimum absolute atomic E-state index is 0.199.